The normalized spacial score (nSPS) is 13.1. The van der Waals surface area contributed by atoms with Crippen LogP contribution in [0.1, 0.15) is 12.6 Å². The molecule has 0 amide bonds. The van der Waals surface area contributed by atoms with E-state index in [1.165, 1.54) is 13.2 Å². The van der Waals surface area contributed by atoms with Crippen molar-refractivity contribution >= 4 is 15.8 Å². The number of rotatable bonds is 5. The van der Waals surface area contributed by atoms with Crippen LogP contribution in [0.4, 0.5) is 0 Å². The molecule has 17 heavy (non-hydrogen) atoms. The van der Waals surface area contributed by atoms with E-state index in [1.807, 2.05) is 0 Å². The number of aliphatic carboxylic acids is 1. The molecule has 0 bridgehead atoms. The molecule has 1 heterocycles. The number of hydrogen-bond acceptors (Lipinski definition) is 5. The Hall–Kier alpha value is -1.63. The Kier molecular flexibility index (Phi) is 4.06. The summed E-state index contributed by atoms with van der Waals surface area (Å²) in [5.41, 5.74) is 0.262. The van der Waals surface area contributed by atoms with E-state index in [9.17, 15) is 13.2 Å². The van der Waals surface area contributed by atoms with Crippen LogP contribution in [0, 0.1) is 0 Å². The van der Waals surface area contributed by atoms with Crippen LogP contribution in [0.2, 0.25) is 0 Å². The Balaban J connectivity index is 2.94. The van der Waals surface area contributed by atoms with Crippen LogP contribution < -0.4 is 4.74 Å². The van der Waals surface area contributed by atoms with Crippen LogP contribution in [-0.2, 0) is 20.4 Å². The van der Waals surface area contributed by atoms with Crippen molar-refractivity contribution < 1.29 is 23.1 Å². The number of aromatic nitrogens is 1. The first-order valence-electron chi connectivity index (χ1n) is 4.81. The molecule has 1 N–H and O–H groups in total. The van der Waals surface area contributed by atoms with Crippen molar-refractivity contribution in [2.24, 2.45) is 0 Å². The molecule has 1 rings (SSSR count). The fourth-order valence-corrected chi connectivity index (χ4v) is 2.27. The number of carbonyl (C=O) groups is 1. The predicted octanol–water partition coefficient (Wildman–Crippen LogP) is 0.478. The first kappa shape index (κ1) is 13.4. The maximum Gasteiger partial charge on any atom is 0.321 e. The van der Waals surface area contributed by atoms with Crippen LogP contribution in [0.25, 0.3) is 0 Å². The lowest BCUT2D eigenvalue weighted by Crippen LogP contribution is -2.28. The predicted molar refractivity (Wildman–Crippen MR) is 60.5 cm³/mol. The van der Waals surface area contributed by atoms with Crippen molar-refractivity contribution in [1.29, 1.82) is 0 Å². The van der Waals surface area contributed by atoms with Crippen LogP contribution in [0.15, 0.2) is 18.2 Å². The van der Waals surface area contributed by atoms with E-state index in [0.717, 1.165) is 6.92 Å². The molecule has 1 aromatic heterocycles. The van der Waals surface area contributed by atoms with E-state index in [4.69, 9.17) is 9.84 Å². The SMILES string of the molecule is COc1cccc(CS(=O)(=O)C(C)C(=O)O)n1. The first-order chi connectivity index (χ1) is 7.86. The van der Waals surface area contributed by atoms with Gasteiger partial charge in [0.25, 0.3) is 0 Å². The van der Waals surface area contributed by atoms with E-state index in [-0.39, 0.29) is 5.69 Å². The van der Waals surface area contributed by atoms with Gasteiger partial charge < -0.3 is 9.84 Å². The molecule has 0 fully saturated rings. The first-order valence-corrected chi connectivity index (χ1v) is 6.52. The lowest BCUT2D eigenvalue weighted by Gasteiger charge is -2.08. The summed E-state index contributed by atoms with van der Waals surface area (Å²) in [6.07, 6.45) is 0. The fraction of sp³-hybridized carbons (Fsp3) is 0.400. The molecular weight excluding hydrogens is 246 g/mol. The standard InChI is InChI=1S/C10H13NO5S/c1-7(10(12)13)17(14,15)6-8-4-3-5-9(11-8)16-2/h3-5,7H,6H2,1-2H3,(H,12,13). The van der Waals surface area contributed by atoms with E-state index >= 15 is 0 Å². The van der Waals surface area contributed by atoms with Gasteiger partial charge in [0, 0.05) is 6.07 Å². The van der Waals surface area contributed by atoms with Crippen LogP contribution in [-0.4, -0.2) is 36.8 Å². The average Bonchev–Trinajstić information content (AvgIpc) is 2.27. The zero-order chi connectivity index (χ0) is 13.1. The van der Waals surface area contributed by atoms with Gasteiger partial charge in [-0.15, -0.1) is 0 Å². The number of sulfone groups is 1. The molecule has 0 aliphatic heterocycles. The molecule has 0 saturated carbocycles. The minimum Gasteiger partial charge on any atom is -0.481 e. The van der Waals surface area contributed by atoms with E-state index < -0.39 is 26.8 Å². The molecule has 0 radical (unpaired) electrons. The number of carboxylic acids is 1. The lowest BCUT2D eigenvalue weighted by atomic mass is 10.4. The van der Waals surface area contributed by atoms with Gasteiger partial charge in [-0.1, -0.05) is 6.07 Å². The second kappa shape index (κ2) is 5.13. The number of nitrogens with zero attached hydrogens (tertiary/aromatic N) is 1. The van der Waals surface area contributed by atoms with Gasteiger partial charge in [0.05, 0.1) is 18.6 Å². The highest BCUT2D eigenvalue weighted by molar-refractivity contribution is 7.91. The third-order valence-corrected chi connectivity index (χ3v) is 4.20. The average molecular weight is 259 g/mol. The van der Waals surface area contributed by atoms with E-state index in [1.54, 1.807) is 12.1 Å². The molecule has 0 aromatic carbocycles. The molecule has 7 heteroatoms. The number of pyridine rings is 1. The Bertz CT molecular complexity index is 511. The van der Waals surface area contributed by atoms with Gasteiger partial charge in [-0.05, 0) is 13.0 Å². The number of carboxylic acid groups (broad SMARTS) is 1. The summed E-state index contributed by atoms with van der Waals surface area (Å²) in [4.78, 5) is 14.6. The molecule has 6 nitrogen and oxygen atoms in total. The van der Waals surface area contributed by atoms with E-state index in [0.29, 0.717) is 5.88 Å². The maximum atomic E-state index is 11.7. The third-order valence-electron chi connectivity index (χ3n) is 2.23. The zero-order valence-electron chi connectivity index (χ0n) is 9.45. The summed E-state index contributed by atoms with van der Waals surface area (Å²) < 4.78 is 28.2. The van der Waals surface area contributed by atoms with Crippen molar-refractivity contribution in [3.63, 3.8) is 0 Å². The van der Waals surface area contributed by atoms with E-state index in [2.05, 4.69) is 4.98 Å². The highest BCUT2D eigenvalue weighted by Crippen LogP contribution is 2.13. The summed E-state index contributed by atoms with van der Waals surface area (Å²) in [5, 5.41) is 7.22. The number of ether oxygens (including phenoxy) is 1. The summed E-state index contributed by atoms with van der Waals surface area (Å²) >= 11 is 0. The van der Waals surface area contributed by atoms with Crippen molar-refractivity contribution in [3.05, 3.63) is 23.9 Å². The Morgan fingerprint density at radius 1 is 1.53 bits per heavy atom. The largest absolute Gasteiger partial charge is 0.481 e. The van der Waals surface area contributed by atoms with Gasteiger partial charge in [-0.3, -0.25) is 4.79 Å². The lowest BCUT2D eigenvalue weighted by molar-refractivity contribution is -0.136. The highest BCUT2D eigenvalue weighted by atomic mass is 32.2. The molecule has 0 saturated heterocycles. The summed E-state index contributed by atoms with van der Waals surface area (Å²) in [7, 11) is -2.34. The van der Waals surface area contributed by atoms with Crippen LogP contribution in [0.3, 0.4) is 0 Å². The quantitative estimate of drug-likeness (QED) is 0.826. The molecule has 1 unspecified atom stereocenters. The van der Waals surface area contributed by atoms with Crippen LogP contribution in [0.5, 0.6) is 5.88 Å². The zero-order valence-corrected chi connectivity index (χ0v) is 10.3. The minimum atomic E-state index is -3.76. The van der Waals surface area contributed by atoms with Gasteiger partial charge in [-0.2, -0.15) is 0 Å². The minimum absolute atomic E-state index is 0.262. The Labute approximate surface area is 99.2 Å². The van der Waals surface area contributed by atoms with Crippen molar-refractivity contribution in [2.75, 3.05) is 7.11 Å². The Morgan fingerprint density at radius 2 is 2.18 bits per heavy atom. The molecule has 1 atom stereocenters. The maximum absolute atomic E-state index is 11.7. The van der Waals surface area contributed by atoms with Crippen molar-refractivity contribution in [3.8, 4) is 5.88 Å². The summed E-state index contributed by atoms with van der Waals surface area (Å²) in [5.74, 6) is -1.49. The van der Waals surface area contributed by atoms with Gasteiger partial charge in [0.2, 0.25) is 5.88 Å². The molecular formula is C10H13NO5S. The molecule has 1 aromatic rings. The molecule has 0 aliphatic carbocycles. The topological polar surface area (TPSA) is 93.6 Å². The van der Waals surface area contributed by atoms with Gasteiger partial charge in [0.1, 0.15) is 0 Å². The fourth-order valence-electron chi connectivity index (χ4n) is 1.14. The third kappa shape index (κ3) is 3.42. The summed E-state index contributed by atoms with van der Waals surface area (Å²) in [6.45, 7) is 1.14. The second-order valence-corrected chi connectivity index (χ2v) is 5.78. The highest BCUT2D eigenvalue weighted by Gasteiger charge is 2.28. The second-order valence-electron chi connectivity index (χ2n) is 3.46. The smallest absolute Gasteiger partial charge is 0.321 e. The van der Waals surface area contributed by atoms with Crippen molar-refractivity contribution in [1.82, 2.24) is 4.98 Å². The van der Waals surface area contributed by atoms with Gasteiger partial charge >= 0.3 is 5.97 Å². The van der Waals surface area contributed by atoms with Gasteiger partial charge in [-0.25, -0.2) is 13.4 Å². The molecule has 0 aliphatic rings. The summed E-state index contributed by atoms with van der Waals surface area (Å²) in [6, 6.07) is 4.69. The Morgan fingerprint density at radius 3 is 2.71 bits per heavy atom. The molecule has 94 valence electrons. The number of methoxy groups -OCH3 is 1. The number of hydrogen-bond donors (Lipinski definition) is 1. The van der Waals surface area contributed by atoms with Crippen molar-refractivity contribution in [2.45, 2.75) is 17.9 Å². The van der Waals surface area contributed by atoms with Gasteiger partial charge in [0.15, 0.2) is 15.1 Å². The van der Waals surface area contributed by atoms with Crippen LogP contribution >= 0.6 is 0 Å². The monoisotopic (exact) mass is 259 g/mol. The molecule has 0 spiro atoms.